The van der Waals surface area contributed by atoms with Crippen LogP contribution in [0.25, 0.3) is 0 Å². The van der Waals surface area contributed by atoms with E-state index in [9.17, 15) is 14.7 Å². The standard InChI is InChI=1S/C15H22N2O3/c1-10(2)16-8-5-7-12(16)14(18)17-9-4-6-11(3)13(17)15(19)20/h5,7-8,10-11,13H,4,6,9H2,1-3H3,(H,19,20). The van der Waals surface area contributed by atoms with Crippen molar-refractivity contribution in [2.24, 2.45) is 5.92 Å². The summed E-state index contributed by atoms with van der Waals surface area (Å²) in [5.74, 6) is -1.09. The quantitative estimate of drug-likeness (QED) is 0.923. The Morgan fingerprint density at radius 1 is 1.40 bits per heavy atom. The van der Waals surface area contributed by atoms with Crippen molar-refractivity contribution in [2.75, 3.05) is 6.54 Å². The van der Waals surface area contributed by atoms with Crippen LogP contribution in [0.5, 0.6) is 0 Å². The van der Waals surface area contributed by atoms with Crippen LogP contribution in [-0.2, 0) is 4.79 Å². The van der Waals surface area contributed by atoms with Gasteiger partial charge in [0.15, 0.2) is 0 Å². The highest BCUT2D eigenvalue weighted by atomic mass is 16.4. The van der Waals surface area contributed by atoms with E-state index in [0.29, 0.717) is 12.2 Å². The molecule has 2 atom stereocenters. The minimum atomic E-state index is -0.909. The van der Waals surface area contributed by atoms with E-state index < -0.39 is 12.0 Å². The molecule has 1 aliphatic heterocycles. The van der Waals surface area contributed by atoms with Gasteiger partial charge in [-0.25, -0.2) is 4.79 Å². The smallest absolute Gasteiger partial charge is 0.326 e. The van der Waals surface area contributed by atoms with Crippen LogP contribution in [0.4, 0.5) is 0 Å². The van der Waals surface area contributed by atoms with E-state index in [-0.39, 0.29) is 17.9 Å². The van der Waals surface area contributed by atoms with E-state index in [2.05, 4.69) is 0 Å². The van der Waals surface area contributed by atoms with Crippen molar-refractivity contribution in [1.82, 2.24) is 9.47 Å². The lowest BCUT2D eigenvalue weighted by atomic mass is 9.90. The molecule has 5 nitrogen and oxygen atoms in total. The molecule has 110 valence electrons. The molecule has 1 aliphatic rings. The van der Waals surface area contributed by atoms with Crippen LogP contribution in [0, 0.1) is 5.92 Å². The molecule has 0 spiro atoms. The van der Waals surface area contributed by atoms with Crippen LogP contribution < -0.4 is 0 Å². The highest BCUT2D eigenvalue weighted by Crippen LogP contribution is 2.26. The van der Waals surface area contributed by atoms with Gasteiger partial charge in [0.25, 0.3) is 5.91 Å². The molecule has 1 aromatic heterocycles. The van der Waals surface area contributed by atoms with Gasteiger partial charge in [0.1, 0.15) is 11.7 Å². The predicted molar refractivity (Wildman–Crippen MR) is 75.7 cm³/mol. The lowest BCUT2D eigenvalue weighted by molar-refractivity contribution is -0.145. The summed E-state index contributed by atoms with van der Waals surface area (Å²) in [5.41, 5.74) is 0.570. The van der Waals surface area contributed by atoms with E-state index in [1.165, 1.54) is 4.90 Å². The normalized spacial score (nSPS) is 23.1. The van der Waals surface area contributed by atoms with Crippen molar-refractivity contribution in [3.63, 3.8) is 0 Å². The van der Waals surface area contributed by atoms with Gasteiger partial charge in [0.05, 0.1) is 0 Å². The molecule has 0 aliphatic carbocycles. The monoisotopic (exact) mass is 278 g/mol. The van der Waals surface area contributed by atoms with E-state index >= 15 is 0 Å². The number of piperidine rings is 1. The Morgan fingerprint density at radius 3 is 2.70 bits per heavy atom. The number of hydrogen-bond acceptors (Lipinski definition) is 2. The van der Waals surface area contributed by atoms with Gasteiger partial charge in [-0.15, -0.1) is 0 Å². The van der Waals surface area contributed by atoms with Gasteiger partial charge in [-0.05, 0) is 44.7 Å². The van der Waals surface area contributed by atoms with Crippen LogP contribution in [0.3, 0.4) is 0 Å². The summed E-state index contributed by atoms with van der Waals surface area (Å²) in [5, 5.41) is 9.40. The minimum absolute atomic E-state index is 0.00679. The highest BCUT2D eigenvalue weighted by molar-refractivity contribution is 5.95. The van der Waals surface area contributed by atoms with Crippen LogP contribution in [0.1, 0.15) is 50.1 Å². The molecule has 2 heterocycles. The maximum atomic E-state index is 12.7. The van der Waals surface area contributed by atoms with Crippen LogP contribution in [0.15, 0.2) is 18.3 Å². The average molecular weight is 278 g/mol. The third kappa shape index (κ3) is 2.57. The van der Waals surface area contributed by atoms with Gasteiger partial charge >= 0.3 is 5.97 Å². The van der Waals surface area contributed by atoms with Gasteiger partial charge in [0.2, 0.25) is 0 Å². The fourth-order valence-corrected chi connectivity index (χ4v) is 2.96. The number of nitrogens with zero attached hydrogens (tertiary/aromatic N) is 2. The first kappa shape index (κ1) is 14.6. The summed E-state index contributed by atoms with van der Waals surface area (Å²) in [6, 6.07) is 3.05. The average Bonchev–Trinajstić information content (AvgIpc) is 2.86. The number of aliphatic carboxylic acids is 1. The minimum Gasteiger partial charge on any atom is -0.480 e. The number of likely N-dealkylation sites (tertiary alicyclic amines) is 1. The van der Waals surface area contributed by atoms with Gasteiger partial charge in [-0.2, -0.15) is 0 Å². The third-order valence-corrected chi connectivity index (χ3v) is 4.00. The van der Waals surface area contributed by atoms with E-state index in [1.807, 2.05) is 37.6 Å². The first-order valence-corrected chi connectivity index (χ1v) is 7.14. The number of carbonyl (C=O) groups excluding carboxylic acids is 1. The molecule has 0 bridgehead atoms. The molecular weight excluding hydrogens is 256 g/mol. The Kier molecular flexibility index (Phi) is 4.16. The van der Waals surface area contributed by atoms with E-state index in [4.69, 9.17) is 0 Å². The fraction of sp³-hybridized carbons (Fsp3) is 0.600. The van der Waals surface area contributed by atoms with Crippen LogP contribution in [0.2, 0.25) is 0 Å². The summed E-state index contributed by atoms with van der Waals surface area (Å²) in [7, 11) is 0. The Labute approximate surface area is 119 Å². The maximum Gasteiger partial charge on any atom is 0.326 e. The summed E-state index contributed by atoms with van der Waals surface area (Å²) in [6.45, 7) is 6.43. The highest BCUT2D eigenvalue weighted by Gasteiger charge is 2.38. The number of carboxylic acids is 1. The molecule has 0 saturated carbocycles. The van der Waals surface area contributed by atoms with Crippen LogP contribution in [-0.4, -0.2) is 39.0 Å². The number of amides is 1. The zero-order valence-electron chi connectivity index (χ0n) is 12.2. The van der Waals surface area contributed by atoms with Gasteiger partial charge < -0.3 is 14.6 Å². The molecule has 1 fully saturated rings. The number of rotatable bonds is 3. The molecule has 1 N–H and O–H groups in total. The van der Waals surface area contributed by atoms with Crippen molar-refractivity contribution in [1.29, 1.82) is 0 Å². The van der Waals surface area contributed by atoms with Gasteiger partial charge in [-0.1, -0.05) is 6.92 Å². The SMILES string of the molecule is CC1CCCN(C(=O)c2cccn2C(C)C)C1C(=O)O. The first-order chi connectivity index (χ1) is 9.43. The summed E-state index contributed by atoms with van der Waals surface area (Å²) in [6.07, 6.45) is 3.58. The van der Waals surface area contributed by atoms with Crippen molar-refractivity contribution in [3.8, 4) is 0 Å². The second-order valence-corrected chi connectivity index (χ2v) is 5.80. The molecule has 5 heteroatoms. The van der Waals surface area contributed by atoms with Crippen molar-refractivity contribution in [3.05, 3.63) is 24.0 Å². The predicted octanol–water partition coefficient (Wildman–Crippen LogP) is 2.39. The van der Waals surface area contributed by atoms with E-state index in [1.54, 1.807) is 6.07 Å². The molecule has 0 aromatic carbocycles. The number of aromatic nitrogens is 1. The Morgan fingerprint density at radius 2 is 2.10 bits per heavy atom. The van der Waals surface area contributed by atoms with Gasteiger partial charge in [-0.3, -0.25) is 4.79 Å². The Balaban J connectivity index is 2.31. The Hall–Kier alpha value is -1.78. The number of carboxylic acid groups (broad SMARTS) is 1. The largest absolute Gasteiger partial charge is 0.480 e. The second kappa shape index (κ2) is 5.69. The zero-order valence-corrected chi connectivity index (χ0v) is 12.2. The maximum absolute atomic E-state index is 12.7. The zero-order chi connectivity index (χ0) is 14.9. The summed E-state index contributed by atoms with van der Waals surface area (Å²) in [4.78, 5) is 25.7. The Bertz CT molecular complexity index is 507. The third-order valence-electron chi connectivity index (χ3n) is 4.00. The van der Waals surface area contributed by atoms with Crippen molar-refractivity contribution >= 4 is 11.9 Å². The first-order valence-electron chi connectivity index (χ1n) is 7.14. The second-order valence-electron chi connectivity index (χ2n) is 5.80. The number of hydrogen-bond donors (Lipinski definition) is 1. The van der Waals surface area contributed by atoms with Crippen molar-refractivity contribution in [2.45, 2.75) is 45.7 Å². The molecule has 1 amide bonds. The van der Waals surface area contributed by atoms with Crippen LogP contribution >= 0.6 is 0 Å². The molecular formula is C15H22N2O3. The van der Waals surface area contributed by atoms with Crippen molar-refractivity contribution < 1.29 is 14.7 Å². The fourth-order valence-electron chi connectivity index (χ4n) is 2.96. The lowest BCUT2D eigenvalue weighted by Crippen LogP contribution is -2.52. The molecule has 1 aromatic rings. The lowest BCUT2D eigenvalue weighted by Gasteiger charge is -2.37. The summed E-state index contributed by atoms with van der Waals surface area (Å²) >= 11 is 0. The molecule has 2 rings (SSSR count). The molecule has 1 saturated heterocycles. The molecule has 20 heavy (non-hydrogen) atoms. The topological polar surface area (TPSA) is 62.5 Å². The van der Waals surface area contributed by atoms with Gasteiger partial charge in [0, 0.05) is 18.8 Å². The number of carbonyl (C=O) groups is 2. The summed E-state index contributed by atoms with van der Waals surface area (Å²) < 4.78 is 1.89. The van der Waals surface area contributed by atoms with E-state index in [0.717, 1.165) is 12.8 Å². The molecule has 0 radical (unpaired) electrons. The molecule has 2 unspecified atom stereocenters.